The van der Waals surface area contributed by atoms with E-state index in [-0.39, 0.29) is 13.2 Å². The Balaban J connectivity index is 1.81. The molecule has 6 heteroatoms. The average molecular weight is 305 g/mol. The highest BCUT2D eigenvalue weighted by Crippen LogP contribution is 2.09. The van der Waals surface area contributed by atoms with Crippen molar-refractivity contribution in [2.45, 2.75) is 6.54 Å². The molecular weight excluding hydrogens is 282 g/mol. The smallest absolute Gasteiger partial charge is 0.312 e. The Bertz CT molecular complexity index is 499. The van der Waals surface area contributed by atoms with Gasteiger partial charge in [-0.2, -0.15) is 0 Å². The minimum absolute atomic E-state index is 0.139. The van der Waals surface area contributed by atoms with Gasteiger partial charge in [0.05, 0.1) is 6.61 Å². The lowest BCUT2D eigenvalue weighted by atomic mass is 10.2. The number of carbonyl (C=O) groups excluding carboxylic acids is 2. The van der Waals surface area contributed by atoms with E-state index in [0.717, 1.165) is 19.6 Å². The van der Waals surface area contributed by atoms with Gasteiger partial charge in [0.1, 0.15) is 0 Å². The van der Waals surface area contributed by atoms with E-state index in [4.69, 9.17) is 5.11 Å². The number of rotatable bonds is 4. The van der Waals surface area contributed by atoms with Crippen LogP contribution in [-0.4, -0.2) is 78.0 Å². The van der Waals surface area contributed by atoms with Crippen molar-refractivity contribution in [1.82, 2.24) is 14.7 Å². The number of hydrogen-bond donors (Lipinski definition) is 1. The molecule has 2 rings (SSSR count). The summed E-state index contributed by atoms with van der Waals surface area (Å²) in [4.78, 5) is 29.2. The van der Waals surface area contributed by atoms with E-state index in [1.807, 2.05) is 18.2 Å². The molecule has 1 heterocycles. The van der Waals surface area contributed by atoms with E-state index in [1.54, 1.807) is 4.90 Å². The third-order valence-electron chi connectivity index (χ3n) is 3.87. The topological polar surface area (TPSA) is 64.1 Å². The van der Waals surface area contributed by atoms with Crippen LogP contribution in [0.2, 0.25) is 0 Å². The summed E-state index contributed by atoms with van der Waals surface area (Å²) in [6, 6.07) is 10.2. The SMILES string of the molecule is CN(CCO)C(=O)C(=O)N1CCN(Cc2ccccc2)CC1. The molecule has 120 valence electrons. The van der Waals surface area contributed by atoms with Crippen LogP contribution in [0, 0.1) is 0 Å². The molecule has 0 aromatic heterocycles. The second-order valence-corrected chi connectivity index (χ2v) is 5.50. The maximum absolute atomic E-state index is 12.1. The molecule has 0 saturated carbocycles. The molecule has 1 N–H and O–H groups in total. The van der Waals surface area contributed by atoms with Crippen molar-refractivity contribution in [3.8, 4) is 0 Å². The van der Waals surface area contributed by atoms with Crippen LogP contribution >= 0.6 is 0 Å². The zero-order chi connectivity index (χ0) is 15.9. The molecule has 1 saturated heterocycles. The Morgan fingerprint density at radius 1 is 1.14 bits per heavy atom. The summed E-state index contributed by atoms with van der Waals surface area (Å²) in [6.45, 7) is 3.55. The third-order valence-corrected chi connectivity index (χ3v) is 3.87. The van der Waals surface area contributed by atoms with E-state index < -0.39 is 11.8 Å². The van der Waals surface area contributed by atoms with Crippen LogP contribution in [-0.2, 0) is 16.1 Å². The van der Waals surface area contributed by atoms with E-state index in [9.17, 15) is 9.59 Å². The van der Waals surface area contributed by atoms with Crippen molar-refractivity contribution >= 4 is 11.8 Å². The minimum Gasteiger partial charge on any atom is -0.395 e. The quantitative estimate of drug-likeness (QED) is 0.781. The number of aliphatic hydroxyl groups excluding tert-OH is 1. The Morgan fingerprint density at radius 3 is 2.36 bits per heavy atom. The van der Waals surface area contributed by atoms with Crippen LogP contribution in [0.1, 0.15) is 5.56 Å². The Morgan fingerprint density at radius 2 is 1.77 bits per heavy atom. The van der Waals surface area contributed by atoms with Crippen LogP contribution < -0.4 is 0 Å². The third kappa shape index (κ3) is 4.29. The Labute approximate surface area is 130 Å². The largest absolute Gasteiger partial charge is 0.395 e. The predicted molar refractivity (Wildman–Crippen MR) is 83.0 cm³/mol. The molecule has 6 nitrogen and oxygen atoms in total. The van der Waals surface area contributed by atoms with E-state index >= 15 is 0 Å². The standard InChI is InChI=1S/C16H23N3O3/c1-17(11-12-20)15(21)16(22)19-9-7-18(8-10-19)13-14-5-3-2-4-6-14/h2-6,20H,7-13H2,1H3. The van der Waals surface area contributed by atoms with Crippen molar-refractivity contribution < 1.29 is 14.7 Å². The zero-order valence-electron chi connectivity index (χ0n) is 12.9. The fraction of sp³-hybridized carbons (Fsp3) is 0.500. The van der Waals surface area contributed by atoms with Crippen molar-refractivity contribution in [1.29, 1.82) is 0 Å². The summed E-state index contributed by atoms with van der Waals surface area (Å²) in [5, 5.41) is 8.83. The van der Waals surface area contributed by atoms with E-state index in [0.29, 0.717) is 13.1 Å². The Kier molecular flexibility index (Phi) is 5.91. The van der Waals surface area contributed by atoms with Crippen molar-refractivity contribution in [3.05, 3.63) is 35.9 Å². The number of benzene rings is 1. The molecule has 0 unspecified atom stereocenters. The summed E-state index contributed by atoms with van der Waals surface area (Å²) in [5.41, 5.74) is 1.25. The summed E-state index contributed by atoms with van der Waals surface area (Å²) < 4.78 is 0. The van der Waals surface area contributed by atoms with Crippen LogP contribution in [0.4, 0.5) is 0 Å². The first kappa shape index (κ1) is 16.5. The molecule has 1 aliphatic rings. The fourth-order valence-electron chi connectivity index (χ4n) is 2.50. The number of aliphatic hydroxyl groups is 1. The molecule has 1 fully saturated rings. The van der Waals surface area contributed by atoms with Crippen LogP contribution in [0.25, 0.3) is 0 Å². The lowest BCUT2D eigenvalue weighted by Crippen LogP contribution is -2.52. The predicted octanol–water partition coefficient (Wildman–Crippen LogP) is -0.218. The van der Waals surface area contributed by atoms with E-state index in [1.165, 1.54) is 17.5 Å². The highest BCUT2D eigenvalue weighted by Gasteiger charge is 2.27. The Hall–Kier alpha value is -1.92. The summed E-state index contributed by atoms with van der Waals surface area (Å²) in [5.74, 6) is -1.03. The van der Waals surface area contributed by atoms with Crippen molar-refractivity contribution in [3.63, 3.8) is 0 Å². The highest BCUT2D eigenvalue weighted by atomic mass is 16.3. The maximum Gasteiger partial charge on any atom is 0.312 e. The molecule has 0 aliphatic carbocycles. The molecule has 2 amide bonds. The second kappa shape index (κ2) is 7.91. The van der Waals surface area contributed by atoms with Gasteiger partial charge < -0.3 is 14.9 Å². The second-order valence-electron chi connectivity index (χ2n) is 5.50. The summed E-state index contributed by atoms with van der Waals surface area (Å²) >= 11 is 0. The number of carbonyl (C=O) groups is 2. The molecule has 0 radical (unpaired) electrons. The molecule has 1 aromatic carbocycles. The monoisotopic (exact) mass is 305 g/mol. The summed E-state index contributed by atoms with van der Waals surface area (Å²) in [6.07, 6.45) is 0. The van der Waals surface area contributed by atoms with Gasteiger partial charge in [-0.05, 0) is 5.56 Å². The molecule has 1 aliphatic heterocycles. The van der Waals surface area contributed by atoms with Gasteiger partial charge in [-0.1, -0.05) is 30.3 Å². The van der Waals surface area contributed by atoms with Gasteiger partial charge >= 0.3 is 11.8 Å². The molecule has 0 atom stereocenters. The average Bonchev–Trinajstić information content (AvgIpc) is 2.55. The van der Waals surface area contributed by atoms with E-state index in [2.05, 4.69) is 17.0 Å². The maximum atomic E-state index is 12.1. The van der Waals surface area contributed by atoms with Gasteiger partial charge in [0.2, 0.25) is 0 Å². The molecular formula is C16H23N3O3. The number of amides is 2. The van der Waals surface area contributed by atoms with Gasteiger partial charge in [-0.25, -0.2) is 0 Å². The number of piperazine rings is 1. The lowest BCUT2D eigenvalue weighted by Gasteiger charge is -2.35. The van der Waals surface area contributed by atoms with Crippen LogP contribution in [0.15, 0.2) is 30.3 Å². The van der Waals surface area contributed by atoms with Crippen LogP contribution in [0.3, 0.4) is 0 Å². The first-order chi connectivity index (χ1) is 10.6. The van der Waals surface area contributed by atoms with Gasteiger partial charge in [0.15, 0.2) is 0 Å². The molecule has 0 spiro atoms. The fourth-order valence-corrected chi connectivity index (χ4v) is 2.50. The minimum atomic E-state index is -0.550. The van der Waals surface area contributed by atoms with Gasteiger partial charge in [-0.15, -0.1) is 0 Å². The zero-order valence-corrected chi connectivity index (χ0v) is 12.9. The first-order valence-corrected chi connectivity index (χ1v) is 7.53. The van der Waals surface area contributed by atoms with Gasteiger partial charge in [0, 0.05) is 46.3 Å². The summed E-state index contributed by atoms with van der Waals surface area (Å²) in [7, 11) is 1.53. The molecule has 22 heavy (non-hydrogen) atoms. The molecule has 0 bridgehead atoms. The lowest BCUT2D eigenvalue weighted by molar-refractivity contribution is -0.152. The van der Waals surface area contributed by atoms with Crippen molar-refractivity contribution in [2.24, 2.45) is 0 Å². The highest BCUT2D eigenvalue weighted by molar-refractivity contribution is 6.34. The number of nitrogens with zero attached hydrogens (tertiary/aromatic N) is 3. The first-order valence-electron chi connectivity index (χ1n) is 7.53. The normalized spacial score (nSPS) is 15.6. The van der Waals surface area contributed by atoms with Gasteiger partial charge in [0.25, 0.3) is 0 Å². The molecule has 1 aromatic rings. The van der Waals surface area contributed by atoms with Gasteiger partial charge in [-0.3, -0.25) is 14.5 Å². The number of likely N-dealkylation sites (N-methyl/N-ethyl adjacent to an activating group) is 1. The van der Waals surface area contributed by atoms with Crippen molar-refractivity contribution in [2.75, 3.05) is 46.4 Å². The number of hydrogen-bond acceptors (Lipinski definition) is 4. The van der Waals surface area contributed by atoms with Crippen LogP contribution in [0.5, 0.6) is 0 Å².